The largest absolute Gasteiger partial charge is 0.496 e. The van der Waals surface area contributed by atoms with Crippen LogP contribution in [0.1, 0.15) is 18.4 Å². The Kier molecular flexibility index (Phi) is 11.1. The molecular weight excluding hydrogens is 454 g/mol. The number of hydrogen-bond donors (Lipinski definition) is 0. The number of ether oxygens (including phenoxy) is 2. The Morgan fingerprint density at radius 2 is 1.18 bits per heavy atom. The molecule has 0 amide bonds. The zero-order chi connectivity index (χ0) is 24.0. The van der Waals surface area contributed by atoms with Crippen molar-refractivity contribution in [2.24, 2.45) is 0 Å². The van der Waals surface area contributed by atoms with Crippen LogP contribution in [0.3, 0.4) is 0 Å². The van der Waals surface area contributed by atoms with Gasteiger partial charge in [-0.15, -0.1) is 9.24 Å². The smallest absolute Gasteiger partial charge is 0.126 e. The van der Waals surface area contributed by atoms with E-state index in [2.05, 4.69) is 69.9 Å². The van der Waals surface area contributed by atoms with Crippen molar-refractivity contribution in [1.82, 2.24) is 0 Å². The molecule has 0 N–H and O–H groups in total. The number of rotatable bonds is 9. The van der Waals surface area contributed by atoms with Crippen LogP contribution < -0.4 is 25.4 Å². The first kappa shape index (κ1) is 26.0. The molecule has 2 nitrogen and oxygen atoms in total. The highest BCUT2D eigenvalue weighted by atomic mass is 31.1. The Bertz CT molecular complexity index is 1100. The molecule has 0 aliphatic rings. The minimum absolute atomic E-state index is 0.426. The fraction of sp³-hybridized carbons (Fsp3) is 0.200. The molecule has 0 aliphatic heterocycles. The van der Waals surface area contributed by atoms with Crippen LogP contribution in [0, 0.1) is 0 Å². The van der Waals surface area contributed by atoms with Gasteiger partial charge in [-0.2, -0.15) is 0 Å². The molecule has 4 aromatic rings. The summed E-state index contributed by atoms with van der Waals surface area (Å²) in [5.41, 5.74) is 1.29. The number of para-hydroxylation sites is 2. The monoisotopic (exact) mass is 488 g/mol. The Morgan fingerprint density at radius 1 is 0.618 bits per heavy atom. The summed E-state index contributed by atoms with van der Waals surface area (Å²) in [4.78, 5) is 0. The van der Waals surface area contributed by atoms with E-state index in [1.807, 2.05) is 48.5 Å². The van der Waals surface area contributed by atoms with Crippen molar-refractivity contribution in [2.45, 2.75) is 19.3 Å². The first-order chi connectivity index (χ1) is 16.7. The van der Waals surface area contributed by atoms with Gasteiger partial charge in [0, 0.05) is 5.30 Å². The van der Waals surface area contributed by atoms with Gasteiger partial charge in [-0.05, 0) is 61.7 Å². The van der Waals surface area contributed by atoms with Gasteiger partial charge in [0.25, 0.3) is 0 Å². The summed E-state index contributed by atoms with van der Waals surface area (Å²) in [5.74, 6) is 1.99. The summed E-state index contributed by atoms with van der Waals surface area (Å²) >= 11 is 0. The third kappa shape index (κ3) is 7.98. The maximum atomic E-state index is 5.65. The Labute approximate surface area is 208 Å². The second-order valence-corrected chi connectivity index (χ2v) is 10.8. The summed E-state index contributed by atoms with van der Waals surface area (Å²) in [6.45, 7) is 0. The number of aryl methyl sites for hydroxylation is 1. The highest BCUT2D eigenvalue weighted by Gasteiger charge is 2.17. The first-order valence-corrected chi connectivity index (χ1v) is 13.7. The van der Waals surface area contributed by atoms with Crippen LogP contribution in [-0.4, -0.2) is 20.4 Å². The van der Waals surface area contributed by atoms with Crippen LogP contribution in [0.5, 0.6) is 11.5 Å². The van der Waals surface area contributed by atoms with Gasteiger partial charge in [0.15, 0.2) is 0 Å². The van der Waals surface area contributed by atoms with Gasteiger partial charge in [-0.25, -0.2) is 0 Å². The minimum Gasteiger partial charge on any atom is -0.496 e. The predicted molar refractivity (Wildman–Crippen MR) is 152 cm³/mol. The van der Waals surface area contributed by atoms with Gasteiger partial charge in [-0.3, -0.25) is 0 Å². The summed E-state index contributed by atoms with van der Waals surface area (Å²) in [6, 6.07) is 37.8. The summed E-state index contributed by atoms with van der Waals surface area (Å²) < 4.78 is 11.1. The Hall–Kier alpha value is -2.66. The van der Waals surface area contributed by atoms with Crippen molar-refractivity contribution >= 4 is 33.1 Å². The van der Waals surface area contributed by atoms with E-state index in [-0.39, 0.29) is 0 Å². The van der Waals surface area contributed by atoms with E-state index in [1.165, 1.54) is 27.9 Å². The maximum absolute atomic E-state index is 5.65. The lowest BCUT2D eigenvalue weighted by Gasteiger charge is -2.21. The molecule has 4 heteroatoms. The van der Waals surface area contributed by atoms with E-state index in [4.69, 9.17) is 9.47 Å². The fourth-order valence-electron chi connectivity index (χ4n) is 3.80. The van der Waals surface area contributed by atoms with Crippen molar-refractivity contribution in [2.75, 3.05) is 20.4 Å². The lowest BCUT2D eigenvalue weighted by Crippen LogP contribution is -2.16. The van der Waals surface area contributed by atoms with Crippen LogP contribution in [0.4, 0.5) is 0 Å². The predicted octanol–water partition coefficient (Wildman–Crippen LogP) is 6.35. The molecule has 34 heavy (non-hydrogen) atoms. The molecule has 2 unspecified atom stereocenters. The number of hydrogen-bond acceptors (Lipinski definition) is 2. The third-order valence-corrected chi connectivity index (χ3v) is 8.53. The normalized spacial score (nSPS) is 11.1. The van der Waals surface area contributed by atoms with Gasteiger partial charge >= 0.3 is 0 Å². The molecule has 0 radical (unpaired) electrons. The van der Waals surface area contributed by atoms with Gasteiger partial charge in [0.2, 0.25) is 0 Å². The van der Waals surface area contributed by atoms with Crippen molar-refractivity contribution in [1.29, 1.82) is 0 Å². The highest BCUT2D eigenvalue weighted by Crippen LogP contribution is 2.38. The lowest BCUT2D eigenvalue weighted by molar-refractivity contribution is 0.409. The van der Waals surface area contributed by atoms with E-state index < -0.39 is 7.92 Å². The first-order valence-electron chi connectivity index (χ1n) is 11.6. The molecule has 0 bridgehead atoms. The second-order valence-electron chi connectivity index (χ2n) is 7.84. The molecule has 4 aromatic carbocycles. The van der Waals surface area contributed by atoms with E-state index in [9.17, 15) is 0 Å². The number of unbranched alkanes of at least 4 members (excludes halogenated alkanes) is 1. The molecule has 0 saturated carbocycles. The van der Waals surface area contributed by atoms with Gasteiger partial charge < -0.3 is 9.47 Å². The van der Waals surface area contributed by atoms with Gasteiger partial charge in [0.1, 0.15) is 11.5 Å². The Morgan fingerprint density at radius 3 is 1.79 bits per heavy atom. The van der Waals surface area contributed by atoms with Gasteiger partial charge in [-0.1, -0.05) is 97.1 Å². The van der Waals surface area contributed by atoms with Gasteiger partial charge in [0.05, 0.1) is 14.2 Å². The molecule has 0 saturated heterocycles. The molecule has 176 valence electrons. The molecule has 2 atom stereocenters. The van der Waals surface area contributed by atoms with Crippen LogP contribution in [-0.2, 0) is 6.42 Å². The molecule has 4 rings (SSSR count). The van der Waals surface area contributed by atoms with Crippen LogP contribution in [0.25, 0.3) is 0 Å². The zero-order valence-electron chi connectivity index (χ0n) is 20.1. The van der Waals surface area contributed by atoms with E-state index in [0.717, 1.165) is 30.5 Å². The van der Waals surface area contributed by atoms with E-state index >= 15 is 0 Å². The lowest BCUT2D eigenvalue weighted by atomic mass is 10.1. The van der Waals surface area contributed by atoms with Crippen LogP contribution >= 0.6 is 17.2 Å². The van der Waals surface area contributed by atoms with Crippen LogP contribution in [0.15, 0.2) is 109 Å². The summed E-state index contributed by atoms with van der Waals surface area (Å²) in [7, 11) is 5.71. The Balaban J connectivity index is 0.000000396. The van der Waals surface area contributed by atoms with Crippen LogP contribution in [0.2, 0.25) is 0 Å². The highest BCUT2D eigenvalue weighted by molar-refractivity contribution is 7.73. The summed E-state index contributed by atoms with van der Waals surface area (Å²) in [6.07, 6.45) is 4.54. The minimum atomic E-state index is -0.426. The quantitative estimate of drug-likeness (QED) is 0.202. The molecule has 0 fully saturated rings. The van der Waals surface area contributed by atoms with Crippen molar-refractivity contribution in [3.63, 3.8) is 0 Å². The molecule has 0 heterocycles. The third-order valence-electron chi connectivity index (χ3n) is 5.51. The molecule has 0 aliphatic carbocycles. The average molecular weight is 489 g/mol. The summed E-state index contributed by atoms with van der Waals surface area (Å²) in [5, 5.41) is 3.98. The topological polar surface area (TPSA) is 18.5 Å². The van der Waals surface area contributed by atoms with Crippen molar-refractivity contribution in [3.8, 4) is 11.5 Å². The number of methoxy groups -OCH3 is 2. The molecular formula is C30H34O2P2. The number of benzene rings is 4. The van der Waals surface area contributed by atoms with E-state index in [0.29, 0.717) is 0 Å². The van der Waals surface area contributed by atoms with Crippen molar-refractivity contribution < 1.29 is 9.47 Å². The zero-order valence-corrected chi connectivity index (χ0v) is 22.1. The second kappa shape index (κ2) is 14.6. The van der Waals surface area contributed by atoms with E-state index in [1.54, 1.807) is 14.2 Å². The standard InChI is InChI=1S/C24H27O2P.C6H7P/c1-25-22-16-7-6-12-20(22)13-10-11-19-27(21-14-4-3-5-15-21)24-18-9-8-17-23(24)26-2;7-6-4-2-1-3-5-6/h3-9,12,14-18H,10-11,13,19H2,1-2H3;1-5H,7H2. The molecule has 0 aromatic heterocycles. The average Bonchev–Trinajstić information content (AvgIpc) is 2.90. The molecule has 0 spiro atoms. The SMILES string of the molecule is COc1ccccc1CCCCP(c1ccccc1)c1ccccc1OC.Pc1ccccc1. The van der Waals surface area contributed by atoms with Crippen molar-refractivity contribution in [3.05, 3.63) is 115 Å². The maximum Gasteiger partial charge on any atom is 0.126 e. The fourth-order valence-corrected chi connectivity index (χ4v) is 6.57.